The minimum Gasteiger partial charge on any atom is -0.481 e. The molecule has 0 spiro atoms. The summed E-state index contributed by atoms with van der Waals surface area (Å²) in [5.74, 6) is -1.70. The van der Waals surface area contributed by atoms with Crippen LogP contribution in [0.5, 0.6) is 0 Å². The van der Waals surface area contributed by atoms with Crippen LogP contribution in [0.25, 0.3) is 0 Å². The van der Waals surface area contributed by atoms with Crippen LogP contribution in [0.2, 0.25) is 0 Å². The quantitative estimate of drug-likeness (QED) is 0.790. The number of amides is 1. The van der Waals surface area contributed by atoms with E-state index < -0.39 is 11.9 Å². The monoisotopic (exact) mass is 253 g/mol. The number of carbonyl (C=O) groups is 2. The summed E-state index contributed by atoms with van der Waals surface area (Å²) >= 11 is 0. The fourth-order valence-electron chi connectivity index (χ4n) is 1.79. The molecule has 100 valence electrons. The Bertz CT molecular complexity index is 440. The van der Waals surface area contributed by atoms with Crippen LogP contribution in [-0.4, -0.2) is 33.3 Å². The van der Waals surface area contributed by atoms with Crippen LogP contribution in [-0.2, 0) is 11.8 Å². The first kappa shape index (κ1) is 14.2. The Hall–Kier alpha value is -1.85. The Kier molecular flexibility index (Phi) is 4.88. The Labute approximate surface area is 106 Å². The number of carbonyl (C=O) groups excluding carboxylic acids is 1. The molecular formula is C12H19N3O3. The third-order valence-electron chi connectivity index (χ3n) is 2.73. The van der Waals surface area contributed by atoms with Crippen LogP contribution in [0.15, 0.2) is 6.07 Å². The molecule has 0 aliphatic rings. The topological polar surface area (TPSA) is 84.2 Å². The number of aliphatic carboxylic acids is 1. The summed E-state index contributed by atoms with van der Waals surface area (Å²) in [6, 6.07) is 1.67. The van der Waals surface area contributed by atoms with Crippen molar-refractivity contribution in [1.82, 2.24) is 15.1 Å². The molecule has 0 saturated heterocycles. The third-order valence-corrected chi connectivity index (χ3v) is 2.73. The lowest BCUT2D eigenvalue weighted by molar-refractivity contribution is -0.141. The molecule has 1 aromatic rings. The number of hydrogen-bond donors (Lipinski definition) is 2. The van der Waals surface area contributed by atoms with Gasteiger partial charge in [-0.3, -0.25) is 14.3 Å². The molecule has 0 aliphatic heterocycles. The van der Waals surface area contributed by atoms with E-state index in [-0.39, 0.29) is 12.5 Å². The molecule has 18 heavy (non-hydrogen) atoms. The normalized spacial score (nSPS) is 12.2. The standard InChI is InChI=1S/C12H19N3O3/c1-4-5-9(12(17)18)7-13-11(16)10-6-8(2)14-15(10)3/h6,9H,4-5,7H2,1-3H3,(H,13,16)(H,17,18). The molecule has 6 heteroatoms. The SMILES string of the molecule is CCCC(CNC(=O)c1cc(C)nn1C)C(=O)O. The minimum absolute atomic E-state index is 0.145. The van der Waals surface area contributed by atoms with Gasteiger partial charge in [0.25, 0.3) is 5.91 Å². The van der Waals surface area contributed by atoms with Crippen molar-refractivity contribution in [2.45, 2.75) is 26.7 Å². The summed E-state index contributed by atoms with van der Waals surface area (Å²) in [5, 5.41) is 15.7. The molecule has 0 bridgehead atoms. The Morgan fingerprint density at radius 1 is 1.56 bits per heavy atom. The van der Waals surface area contributed by atoms with Crippen molar-refractivity contribution in [3.05, 3.63) is 17.5 Å². The highest BCUT2D eigenvalue weighted by atomic mass is 16.4. The Morgan fingerprint density at radius 2 is 2.22 bits per heavy atom. The van der Waals surface area contributed by atoms with Crippen molar-refractivity contribution < 1.29 is 14.7 Å². The summed E-state index contributed by atoms with van der Waals surface area (Å²) in [5.41, 5.74) is 1.19. The number of nitrogens with one attached hydrogen (secondary N) is 1. The summed E-state index contributed by atoms with van der Waals surface area (Å²) in [6.07, 6.45) is 1.33. The fourth-order valence-corrected chi connectivity index (χ4v) is 1.79. The van der Waals surface area contributed by atoms with Crippen LogP contribution >= 0.6 is 0 Å². The molecule has 0 radical (unpaired) electrons. The van der Waals surface area contributed by atoms with E-state index in [0.717, 1.165) is 12.1 Å². The molecule has 1 heterocycles. The number of aromatic nitrogens is 2. The van der Waals surface area contributed by atoms with E-state index in [0.29, 0.717) is 12.1 Å². The van der Waals surface area contributed by atoms with Gasteiger partial charge in [-0.25, -0.2) is 0 Å². The summed E-state index contributed by atoms with van der Waals surface area (Å²) in [6.45, 7) is 3.86. The third kappa shape index (κ3) is 3.58. The van der Waals surface area contributed by atoms with Crippen molar-refractivity contribution in [2.75, 3.05) is 6.54 Å². The first-order valence-electron chi connectivity index (χ1n) is 5.97. The lowest BCUT2D eigenvalue weighted by Gasteiger charge is -2.12. The molecule has 1 rings (SSSR count). The number of aryl methyl sites for hydroxylation is 2. The van der Waals surface area contributed by atoms with Gasteiger partial charge in [0.1, 0.15) is 5.69 Å². The molecule has 1 unspecified atom stereocenters. The highest BCUT2D eigenvalue weighted by molar-refractivity contribution is 5.92. The van der Waals surface area contributed by atoms with E-state index in [4.69, 9.17) is 5.11 Å². The smallest absolute Gasteiger partial charge is 0.308 e. The first-order chi connectivity index (χ1) is 8.45. The Balaban J connectivity index is 2.60. The van der Waals surface area contributed by atoms with Crippen molar-refractivity contribution in [3.8, 4) is 0 Å². The van der Waals surface area contributed by atoms with Crippen molar-refractivity contribution in [1.29, 1.82) is 0 Å². The lowest BCUT2D eigenvalue weighted by atomic mass is 10.0. The van der Waals surface area contributed by atoms with Gasteiger partial charge >= 0.3 is 5.97 Å². The molecule has 0 aliphatic carbocycles. The van der Waals surface area contributed by atoms with Gasteiger partial charge in [-0.15, -0.1) is 0 Å². The van der Waals surface area contributed by atoms with E-state index in [1.807, 2.05) is 6.92 Å². The second-order valence-electron chi connectivity index (χ2n) is 4.33. The second kappa shape index (κ2) is 6.18. The number of rotatable bonds is 6. The van der Waals surface area contributed by atoms with Crippen LogP contribution in [0, 0.1) is 12.8 Å². The molecular weight excluding hydrogens is 234 g/mol. The van der Waals surface area contributed by atoms with Crippen LogP contribution in [0.4, 0.5) is 0 Å². The van der Waals surface area contributed by atoms with Gasteiger partial charge in [0.05, 0.1) is 11.6 Å². The summed E-state index contributed by atoms with van der Waals surface area (Å²) < 4.78 is 1.49. The molecule has 0 saturated carbocycles. The summed E-state index contributed by atoms with van der Waals surface area (Å²) in [7, 11) is 1.68. The largest absolute Gasteiger partial charge is 0.481 e. The van der Waals surface area contributed by atoms with E-state index in [2.05, 4.69) is 10.4 Å². The molecule has 0 fully saturated rings. The van der Waals surface area contributed by atoms with E-state index in [1.165, 1.54) is 4.68 Å². The van der Waals surface area contributed by atoms with Crippen LogP contribution < -0.4 is 5.32 Å². The molecule has 0 aromatic carbocycles. The van der Waals surface area contributed by atoms with Crippen molar-refractivity contribution >= 4 is 11.9 Å². The number of nitrogens with zero attached hydrogens (tertiary/aromatic N) is 2. The van der Waals surface area contributed by atoms with Gasteiger partial charge in [0, 0.05) is 13.6 Å². The average molecular weight is 253 g/mol. The zero-order valence-corrected chi connectivity index (χ0v) is 10.9. The number of carboxylic acid groups (broad SMARTS) is 1. The van der Waals surface area contributed by atoms with Gasteiger partial charge in [0.2, 0.25) is 0 Å². The van der Waals surface area contributed by atoms with E-state index in [9.17, 15) is 9.59 Å². The van der Waals surface area contributed by atoms with Gasteiger partial charge in [-0.2, -0.15) is 5.10 Å². The average Bonchev–Trinajstić information content (AvgIpc) is 2.63. The minimum atomic E-state index is -0.877. The maximum absolute atomic E-state index is 11.8. The van der Waals surface area contributed by atoms with Crippen molar-refractivity contribution in [3.63, 3.8) is 0 Å². The Morgan fingerprint density at radius 3 is 2.67 bits per heavy atom. The van der Waals surface area contributed by atoms with E-state index in [1.54, 1.807) is 20.0 Å². The molecule has 2 N–H and O–H groups in total. The molecule has 6 nitrogen and oxygen atoms in total. The maximum Gasteiger partial charge on any atom is 0.308 e. The van der Waals surface area contributed by atoms with Crippen LogP contribution in [0.1, 0.15) is 35.9 Å². The maximum atomic E-state index is 11.8. The zero-order chi connectivity index (χ0) is 13.7. The van der Waals surface area contributed by atoms with Gasteiger partial charge in [0.15, 0.2) is 0 Å². The second-order valence-corrected chi connectivity index (χ2v) is 4.33. The highest BCUT2D eigenvalue weighted by Gasteiger charge is 2.19. The predicted molar refractivity (Wildman–Crippen MR) is 66.3 cm³/mol. The molecule has 1 atom stereocenters. The van der Waals surface area contributed by atoms with Crippen LogP contribution in [0.3, 0.4) is 0 Å². The van der Waals surface area contributed by atoms with Gasteiger partial charge in [-0.05, 0) is 19.4 Å². The number of hydrogen-bond acceptors (Lipinski definition) is 3. The number of carboxylic acids is 1. The zero-order valence-electron chi connectivity index (χ0n) is 10.9. The van der Waals surface area contributed by atoms with Crippen molar-refractivity contribution in [2.24, 2.45) is 13.0 Å². The van der Waals surface area contributed by atoms with E-state index >= 15 is 0 Å². The fraction of sp³-hybridized carbons (Fsp3) is 0.583. The molecule has 1 aromatic heterocycles. The predicted octanol–water partition coefficient (Wildman–Crippen LogP) is 0.959. The first-order valence-corrected chi connectivity index (χ1v) is 5.97. The summed E-state index contributed by atoms with van der Waals surface area (Å²) in [4.78, 5) is 22.8. The van der Waals surface area contributed by atoms with Gasteiger partial charge in [-0.1, -0.05) is 13.3 Å². The molecule has 1 amide bonds. The van der Waals surface area contributed by atoms with Gasteiger partial charge < -0.3 is 10.4 Å². The highest BCUT2D eigenvalue weighted by Crippen LogP contribution is 2.06. The lowest BCUT2D eigenvalue weighted by Crippen LogP contribution is -2.33.